The summed E-state index contributed by atoms with van der Waals surface area (Å²) in [6, 6.07) is 9.65. The Morgan fingerprint density at radius 2 is 1.71 bits per heavy atom. The minimum absolute atomic E-state index is 0.0551. The van der Waals surface area contributed by atoms with Crippen molar-refractivity contribution in [1.82, 2.24) is 19.4 Å². The molecule has 28 heavy (non-hydrogen) atoms. The van der Waals surface area contributed by atoms with Crippen molar-refractivity contribution < 1.29 is 9.18 Å². The molecule has 0 aliphatic carbocycles. The van der Waals surface area contributed by atoms with Gasteiger partial charge in [0, 0.05) is 30.4 Å². The highest BCUT2D eigenvalue weighted by Crippen LogP contribution is 2.19. The quantitative estimate of drug-likeness (QED) is 0.577. The number of hydrogen-bond donors (Lipinski definition) is 1. The molecule has 1 N–H and O–H groups in total. The third-order valence-corrected chi connectivity index (χ3v) is 4.35. The number of carbonyl (C=O) groups excluding carboxylic acids is 1. The lowest BCUT2D eigenvalue weighted by atomic mass is 10.1. The first kappa shape index (κ1) is 17.8. The van der Waals surface area contributed by atoms with Gasteiger partial charge in [0.25, 0.3) is 5.91 Å². The van der Waals surface area contributed by atoms with E-state index in [-0.39, 0.29) is 11.6 Å². The fourth-order valence-corrected chi connectivity index (χ4v) is 2.79. The van der Waals surface area contributed by atoms with E-state index < -0.39 is 5.91 Å². The number of nitrogens with zero attached hydrogens (tertiary/aromatic N) is 4. The van der Waals surface area contributed by atoms with Crippen molar-refractivity contribution in [3.63, 3.8) is 0 Å². The molecule has 7 heteroatoms. The first-order valence-electron chi connectivity index (χ1n) is 8.87. The third kappa shape index (κ3) is 3.59. The Bertz CT molecular complexity index is 1130. The largest absolute Gasteiger partial charge is 0.318 e. The molecule has 0 bridgehead atoms. The van der Waals surface area contributed by atoms with Crippen molar-refractivity contribution in [3.05, 3.63) is 78.5 Å². The zero-order chi connectivity index (χ0) is 19.7. The molecule has 0 unspecified atom stereocenters. The van der Waals surface area contributed by atoms with Crippen molar-refractivity contribution in [2.24, 2.45) is 0 Å². The maximum absolute atomic E-state index is 13.0. The van der Waals surface area contributed by atoms with Crippen LogP contribution >= 0.6 is 0 Å². The van der Waals surface area contributed by atoms with Gasteiger partial charge in [-0.3, -0.25) is 4.79 Å². The fourth-order valence-electron chi connectivity index (χ4n) is 2.79. The topological polar surface area (TPSA) is 72.2 Å². The summed E-state index contributed by atoms with van der Waals surface area (Å²) in [4.78, 5) is 25.2. The first-order chi connectivity index (χ1) is 13.5. The molecule has 4 aromatic rings. The summed E-state index contributed by atoms with van der Waals surface area (Å²) in [5.74, 6) is -0.337. The minimum Gasteiger partial charge on any atom is -0.318 e. The number of anilines is 1. The van der Waals surface area contributed by atoms with Gasteiger partial charge in [0.15, 0.2) is 0 Å². The molecule has 0 atom stereocenters. The number of imidazole rings is 1. The number of rotatable bonds is 4. The molecule has 6 nitrogen and oxygen atoms in total. The average molecular weight is 375 g/mol. The normalized spacial score (nSPS) is 11.1. The van der Waals surface area contributed by atoms with Crippen LogP contribution in [0.25, 0.3) is 16.8 Å². The molecule has 3 aromatic heterocycles. The molecular formula is C21H18FN5O. The van der Waals surface area contributed by atoms with E-state index in [0.29, 0.717) is 17.2 Å². The monoisotopic (exact) mass is 375 g/mol. The molecule has 1 amide bonds. The number of nitrogens with one attached hydrogen (secondary N) is 1. The summed E-state index contributed by atoms with van der Waals surface area (Å²) in [7, 11) is 0. The fraction of sp³-hybridized carbons (Fsp3) is 0.143. The van der Waals surface area contributed by atoms with Crippen LogP contribution in [0.5, 0.6) is 0 Å². The molecule has 0 radical (unpaired) electrons. The lowest BCUT2D eigenvalue weighted by Gasteiger charge is -2.06. The Labute approximate surface area is 161 Å². The molecular weight excluding hydrogens is 357 g/mol. The van der Waals surface area contributed by atoms with Gasteiger partial charge in [-0.25, -0.2) is 19.3 Å². The number of hydrogen-bond acceptors (Lipinski definition) is 4. The summed E-state index contributed by atoms with van der Waals surface area (Å²) < 4.78 is 14.9. The lowest BCUT2D eigenvalue weighted by molar-refractivity contribution is 0.101. The van der Waals surface area contributed by atoms with Crippen LogP contribution in [0, 0.1) is 5.82 Å². The van der Waals surface area contributed by atoms with Crippen LogP contribution in [0.4, 0.5) is 10.1 Å². The van der Waals surface area contributed by atoms with E-state index in [9.17, 15) is 9.18 Å². The summed E-state index contributed by atoms with van der Waals surface area (Å²) in [5, 5.41) is 2.79. The van der Waals surface area contributed by atoms with Gasteiger partial charge in [-0.15, -0.1) is 0 Å². The Balaban J connectivity index is 1.51. The highest BCUT2D eigenvalue weighted by Gasteiger charge is 2.12. The summed E-state index contributed by atoms with van der Waals surface area (Å²) >= 11 is 0. The summed E-state index contributed by atoms with van der Waals surface area (Å²) in [6.45, 7) is 4.16. The SMILES string of the molecule is CC(C)c1cn2cc(NC(=O)c3ncc(-c4ccc(F)cc4)cn3)ccc2n1. The maximum atomic E-state index is 13.0. The van der Waals surface area contributed by atoms with Gasteiger partial charge in [0.1, 0.15) is 11.5 Å². The number of pyridine rings is 1. The predicted molar refractivity (Wildman–Crippen MR) is 105 cm³/mol. The van der Waals surface area contributed by atoms with E-state index in [0.717, 1.165) is 16.9 Å². The van der Waals surface area contributed by atoms with Gasteiger partial charge in [0.05, 0.1) is 11.4 Å². The van der Waals surface area contributed by atoms with E-state index in [1.54, 1.807) is 36.8 Å². The van der Waals surface area contributed by atoms with Crippen molar-refractivity contribution in [2.75, 3.05) is 5.32 Å². The highest BCUT2D eigenvalue weighted by atomic mass is 19.1. The van der Waals surface area contributed by atoms with Crippen molar-refractivity contribution in [1.29, 1.82) is 0 Å². The number of halogens is 1. The molecule has 3 heterocycles. The van der Waals surface area contributed by atoms with Gasteiger partial charge < -0.3 is 9.72 Å². The van der Waals surface area contributed by atoms with Crippen molar-refractivity contribution in [3.8, 4) is 11.1 Å². The third-order valence-electron chi connectivity index (χ3n) is 4.35. The molecule has 0 fully saturated rings. The van der Waals surface area contributed by atoms with Gasteiger partial charge >= 0.3 is 0 Å². The summed E-state index contributed by atoms with van der Waals surface area (Å²) in [6.07, 6.45) is 6.84. The smallest absolute Gasteiger partial charge is 0.293 e. The van der Waals surface area contributed by atoms with E-state index in [4.69, 9.17) is 0 Å². The number of amides is 1. The van der Waals surface area contributed by atoms with Gasteiger partial charge in [-0.2, -0.15) is 0 Å². The van der Waals surface area contributed by atoms with E-state index >= 15 is 0 Å². The van der Waals surface area contributed by atoms with Crippen LogP contribution in [-0.2, 0) is 0 Å². The van der Waals surface area contributed by atoms with E-state index in [1.807, 2.05) is 16.7 Å². The Hall–Kier alpha value is -3.61. The van der Waals surface area contributed by atoms with Crippen LogP contribution in [0.3, 0.4) is 0 Å². The zero-order valence-electron chi connectivity index (χ0n) is 15.4. The van der Waals surface area contributed by atoms with Gasteiger partial charge in [-0.1, -0.05) is 26.0 Å². The molecule has 0 saturated heterocycles. The molecule has 4 rings (SSSR count). The average Bonchev–Trinajstić information content (AvgIpc) is 3.12. The number of fused-ring (bicyclic) bond motifs is 1. The predicted octanol–water partition coefficient (Wildman–Crippen LogP) is 4.31. The van der Waals surface area contributed by atoms with Gasteiger partial charge in [-0.05, 0) is 35.7 Å². The second kappa shape index (κ2) is 7.19. The first-order valence-corrected chi connectivity index (χ1v) is 8.87. The molecule has 0 aliphatic heterocycles. The highest BCUT2D eigenvalue weighted by molar-refractivity contribution is 6.01. The lowest BCUT2D eigenvalue weighted by Crippen LogP contribution is -2.15. The van der Waals surface area contributed by atoms with E-state index in [1.165, 1.54) is 12.1 Å². The van der Waals surface area contributed by atoms with Crippen LogP contribution < -0.4 is 5.32 Å². The van der Waals surface area contributed by atoms with Crippen molar-refractivity contribution >= 4 is 17.2 Å². The molecule has 0 aliphatic rings. The van der Waals surface area contributed by atoms with Crippen LogP contribution in [0.1, 0.15) is 36.1 Å². The number of carbonyl (C=O) groups is 1. The Morgan fingerprint density at radius 3 is 2.39 bits per heavy atom. The van der Waals surface area contributed by atoms with Crippen molar-refractivity contribution in [2.45, 2.75) is 19.8 Å². The number of aromatic nitrogens is 4. The number of benzene rings is 1. The second-order valence-electron chi connectivity index (χ2n) is 6.76. The van der Waals surface area contributed by atoms with Crippen LogP contribution in [-0.4, -0.2) is 25.3 Å². The molecule has 0 spiro atoms. The van der Waals surface area contributed by atoms with Crippen LogP contribution in [0.2, 0.25) is 0 Å². The van der Waals surface area contributed by atoms with Crippen LogP contribution in [0.15, 0.2) is 61.2 Å². The molecule has 0 saturated carbocycles. The molecule has 1 aromatic carbocycles. The Kier molecular flexibility index (Phi) is 4.57. The van der Waals surface area contributed by atoms with Gasteiger partial charge in [0.2, 0.25) is 5.82 Å². The zero-order valence-corrected chi connectivity index (χ0v) is 15.4. The Morgan fingerprint density at radius 1 is 1.00 bits per heavy atom. The standard InChI is InChI=1S/C21H18FN5O/c1-13(2)18-12-27-11-17(7-8-19(27)26-18)25-21(28)20-23-9-15(10-24-20)14-3-5-16(22)6-4-14/h3-13H,1-2H3,(H,25,28). The summed E-state index contributed by atoms with van der Waals surface area (Å²) in [5.41, 5.74) is 3.92. The maximum Gasteiger partial charge on any atom is 0.293 e. The minimum atomic E-state index is -0.408. The molecule has 140 valence electrons. The van der Waals surface area contributed by atoms with E-state index in [2.05, 4.69) is 34.1 Å². The second-order valence-corrected chi connectivity index (χ2v) is 6.76.